The molecule has 0 spiro atoms. The van der Waals surface area contributed by atoms with Crippen molar-refractivity contribution < 1.29 is 4.79 Å². The standard InChI is InChI=1S/C16H30N2O/c1-13-5-9-16(2,10-6-13)18-15(19)4-3-14-7-11-17-12-8-14/h13-14,17H,3-12H2,1-2H3,(H,18,19). The zero-order chi connectivity index (χ0) is 13.7. The summed E-state index contributed by atoms with van der Waals surface area (Å²) in [5.41, 5.74) is 0.0672. The van der Waals surface area contributed by atoms with Gasteiger partial charge in [0.05, 0.1) is 0 Å². The minimum absolute atomic E-state index is 0.0672. The smallest absolute Gasteiger partial charge is 0.220 e. The van der Waals surface area contributed by atoms with Crippen LogP contribution in [0.3, 0.4) is 0 Å². The summed E-state index contributed by atoms with van der Waals surface area (Å²) in [5, 5.41) is 6.68. The van der Waals surface area contributed by atoms with E-state index >= 15 is 0 Å². The third kappa shape index (κ3) is 4.79. The highest BCUT2D eigenvalue weighted by Gasteiger charge is 2.30. The van der Waals surface area contributed by atoms with Crippen molar-refractivity contribution in [3.63, 3.8) is 0 Å². The van der Waals surface area contributed by atoms with E-state index in [4.69, 9.17) is 0 Å². The van der Waals surface area contributed by atoms with Crippen LogP contribution in [0.15, 0.2) is 0 Å². The van der Waals surface area contributed by atoms with Crippen molar-refractivity contribution in [2.45, 2.75) is 70.8 Å². The molecule has 110 valence electrons. The molecule has 0 aromatic carbocycles. The van der Waals surface area contributed by atoms with Crippen LogP contribution in [0.25, 0.3) is 0 Å². The molecule has 3 nitrogen and oxygen atoms in total. The molecule has 3 heteroatoms. The van der Waals surface area contributed by atoms with E-state index in [1.807, 2.05) is 0 Å². The van der Waals surface area contributed by atoms with Gasteiger partial charge in [-0.25, -0.2) is 0 Å². The molecule has 0 bridgehead atoms. The van der Waals surface area contributed by atoms with Gasteiger partial charge in [-0.05, 0) is 76.8 Å². The van der Waals surface area contributed by atoms with Crippen LogP contribution in [0.1, 0.15) is 65.2 Å². The molecule has 1 aliphatic heterocycles. The summed E-state index contributed by atoms with van der Waals surface area (Å²) in [6.07, 6.45) is 9.07. The normalized spacial score (nSPS) is 33.1. The van der Waals surface area contributed by atoms with E-state index in [0.717, 1.165) is 50.6 Å². The third-order valence-electron chi connectivity index (χ3n) is 5.06. The second-order valence-electron chi connectivity index (χ2n) is 7.02. The Kier molecular flexibility index (Phi) is 5.26. The van der Waals surface area contributed by atoms with Crippen LogP contribution < -0.4 is 10.6 Å². The maximum absolute atomic E-state index is 12.1. The molecular weight excluding hydrogens is 236 g/mol. The highest BCUT2D eigenvalue weighted by molar-refractivity contribution is 5.76. The molecule has 0 aromatic heterocycles. The molecule has 1 saturated carbocycles. The van der Waals surface area contributed by atoms with E-state index in [1.54, 1.807) is 0 Å². The first-order chi connectivity index (χ1) is 9.07. The van der Waals surface area contributed by atoms with E-state index in [1.165, 1.54) is 25.7 Å². The van der Waals surface area contributed by atoms with E-state index in [2.05, 4.69) is 24.5 Å². The Balaban J connectivity index is 1.68. The van der Waals surface area contributed by atoms with Crippen molar-refractivity contribution in [2.75, 3.05) is 13.1 Å². The van der Waals surface area contributed by atoms with Crippen LogP contribution in [0.2, 0.25) is 0 Å². The van der Waals surface area contributed by atoms with Gasteiger partial charge in [-0.3, -0.25) is 4.79 Å². The largest absolute Gasteiger partial charge is 0.351 e. The van der Waals surface area contributed by atoms with Crippen LogP contribution >= 0.6 is 0 Å². The lowest BCUT2D eigenvalue weighted by molar-refractivity contribution is -0.123. The molecule has 1 amide bonds. The second kappa shape index (κ2) is 6.74. The van der Waals surface area contributed by atoms with Crippen molar-refractivity contribution in [3.05, 3.63) is 0 Å². The van der Waals surface area contributed by atoms with Gasteiger partial charge in [-0.1, -0.05) is 6.92 Å². The Morgan fingerprint density at radius 2 is 1.84 bits per heavy atom. The van der Waals surface area contributed by atoms with Crippen molar-refractivity contribution >= 4 is 5.91 Å². The van der Waals surface area contributed by atoms with E-state index in [-0.39, 0.29) is 11.4 Å². The van der Waals surface area contributed by atoms with Crippen molar-refractivity contribution in [1.29, 1.82) is 0 Å². The van der Waals surface area contributed by atoms with E-state index in [9.17, 15) is 4.79 Å². The average Bonchev–Trinajstić information content (AvgIpc) is 2.41. The lowest BCUT2D eigenvalue weighted by atomic mass is 9.78. The van der Waals surface area contributed by atoms with Gasteiger partial charge in [0, 0.05) is 12.0 Å². The number of carbonyl (C=O) groups excluding carboxylic acids is 1. The zero-order valence-corrected chi connectivity index (χ0v) is 12.6. The lowest BCUT2D eigenvalue weighted by Gasteiger charge is -2.37. The summed E-state index contributed by atoms with van der Waals surface area (Å²) in [4.78, 5) is 12.1. The van der Waals surface area contributed by atoms with Crippen molar-refractivity contribution in [3.8, 4) is 0 Å². The topological polar surface area (TPSA) is 41.1 Å². The first-order valence-corrected chi connectivity index (χ1v) is 8.09. The summed E-state index contributed by atoms with van der Waals surface area (Å²) in [5.74, 6) is 1.86. The quantitative estimate of drug-likeness (QED) is 0.821. The molecule has 2 aliphatic rings. The molecule has 2 fully saturated rings. The highest BCUT2D eigenvalue weighted by atomic mass is 16.1. The van der Waals surface area contributed by atoms with Gasteiger partial charge in [-0.2, -0.15) is 0 Å². The van der Waals surface area contributed by atoms with Crippen molar-refractivity contribution in [2.24, 2.45) is 11.8 Å². The number of piperidine rings is 1. The van der Waals surface area contributed by atoms with Crippen LogP contribution in [0, 0.1) is 11.8 Å². The van der Waals surface area contributed by atoms with Gasteiger partial charge in [-0.15, -0.1) is 0 Å². The predicted octanol–water partition coefficient (Wildman–Crippen LogP) is 2.85. The van der Waals surface area contributed by atoms with Gasteiger partial charge in [0.15, 0.2) is 0 Å². The molecule has 2 N–H and O–H groups in total. The first-order valence-electron chi connectivity index (χ1n) is 8.09. The Morgan fingerprint density at radius 1 is 1.21 bits per heavy atom. The maximum atomic E-state index is 12.1. The molecule has 19 heavy (non-hydrogen) atoms. The van der Waals surface area contributed by atoms with Gasteiger partial charge in [0.1, 0.15) is 0 Å². The predicted molar refractivity (Wildman–Crippen MR) is 79.0 cm³/mol. The SMILES string of the molecule is CC1CCC(C)(NC(=O)CCC2CCNCC2)CC1. The van der Waals surface area contributed by atoms with Crippen molar-refractivity contribution in [1.82, 2.24) is 10.6 Å². The highest BCUT2D eigenvalue weighted by Crippen LogP contribution is 2.31. The summed E-state index contributed by atoms with van der Waals surface area (Å²) < 4.78 is 0. The van der Waals surface area contributed by atoms with Crippen LogP contribution in [0.4, 0.5) is 0 Å². The summed E-state index contributed by atoms with van der Waals surface area (Å²) in [7, 11) is 0. The molecule has 0 atom stereocenters. The molecule has 1 saturated heterocycles. The number of amides is 1. The monoisotopic (exact) mass is 266 g/mol. The number of hydrogen-bond donors (Lipinski definition) is 2. The van der Waals surface area contributed by atoms with Gasteiger partial charge in [0.2, 0.25) is 5.91 Å². The number of nitrogens with one attached hydrogen (secondary N) is 2. The first kappa shape index (κ1) is 14.8. The maximum Gasteiger partial charge on any atom is 0.220 e. The fourth-order valence-electron chi connectivity index (χ4n) is 3.43. The van der Waals surface area contributed by atoms with E-state index in [0.29, 0.717) is 0 Å². The fourth-order valence-corrected chi connectivity index (χ4v) is 3.43. The van der Waals surface area contributed by atoms with Crippen LogP contribution in [0.5, 0.6) is 0 Å². The summed E-state index contributed by atoms with van der Waals surface area (Å²) in [6.45, 7) is 6.80. The van der Waals surface area contributed by atoms with Gasteiger partial charge < -0.3 is 10.6 Å². The number of hydrogen-bond acceptors (Lipinski definition) is 2. The minimum Gasteiger partial charge on any atom is -0.351 e. The molecule has 2 rings (SSSR count). The average molecular weight is 266 g/mol. The molecule has 0 aromatic rings. The molecule has 1 heterocycles. The number of rotatable bonds is 4. The minimum atomic E-state index is 0.0672. The Bertz CT molecular complexity index is 289. The van der Waals surface area contributed by atoms with Gasteiger partial charge >= 0.3 is 0 Å². The lowest BCUT2D eigenvalue weighted by Crippen LogP contribution is -2.48. The zero-order valence-electron chi connectivity index (χ0n) is 12.6. The van der Waals surface area contributed by atoms with Crippen LogP contribution in [-0.4, -0.2) is 24.5 Å². The molecular formula is C16H30N2O. The molecule has 0 radical (unpaired) electrons. The van der Waals surface area contributed by atoms with Crippen LogP contribution in [-0.2, 0) is 4.79 Å². The third-order valence-corrected chi connectivity index (χ3v) is 5.06. The Labute approximate surface area is 117 Å². The Morgan fingerprint density at radius 3 is 2.47 bits per heavy atom. The number of carbonyl (C=O) groups is 1. The molecule has 0 unspecified atom stereocenters. The summed E-state index contributed by atoms with van der Waals surface area (Å²) in [6, 6.07) is 0. The Hall–Kier alpha value is -0.570. The second-order valence-corrected chi connectivity index (χ2v) is 7.02. The fraction of sp³-hybridized carbons (Fsp3) is 0.938. The van der Waals surface area contributed by atoms with Gasteiger partial charge in [0.25, 0.3) is 0 Å². The summed E-state index contributed by atoms with van der Waals surface area (Å²) >= 11 is 0. The molecule has 1 aliphatic carbocycles. The van der Waals surface area contributed by atoms with E-state index < -0.39 is 0 Å².